The number of carbonyl (C=O) groups is 4. The molecular weight excluding hydrogens is 412 g/mol. The number of benzene rings is 1. The number of hydrogen-bond acceptors (Lipinski definition) is 5. The number of hydrogen-bond donors (Lipinski definition) is 2. The van der Waals surface area contributed by atoms with Crippen molar-refractivity contribution < 1.29 is 28.7 Å². The van der Waals surface area contributed by atoms with Crippen LogP contribution in [0.5, 0.6) is 0 Å². The van der Waals surface area contributed by atoms with Crippen LogP contribution in [-0.2, 0) is 9.59 Å². The lowest BCUT2D eigenvalue weighted by Gasteiger charge is -2.30. The Hall–Kier alpha value is -3.39. The molecule has 1 aromatic heterocycles. The van der Waals surface area contributed by atoms with Crippen molar-refractivity contribution in [2.45, 2.75) is 31.7 Å². The van der Waals surface area contributed by atoms with Gasteiger partial charge in [-0.2, -0.15) is 0 Å². The Kier molecular flexibility index (Phi) is 5.17. The lowest BCUT2D eigenvalue weighted by molar-refractivity contribution is -0.131. The van der Waals surface area contributed by atoms with Crippen molar-refractivity contribution in [3.8, 4) is 11.3 Å². The highest BCUT2D eigenvalue weighted by molar-refractivity contribution is 6.33. The second-order valence-electron chi connectivity index (χ2n) is 7.13. The molecule has 1 aromatic carbocycles. The summed E-state index contributed by atoms with van der Waals surface area (Å²) in [5.41, 5.74) is 0.203. The fraction of sp³-hybridized carbons (Fsp3) is 0.238. The molecule has 2 aromatic rings. The number of imide groups is 2. The second kappa shape index (κ2) is 7.79. The van der Waals surface area contributed by atoms with Crippen molar-refractivity contribution in [2.75, 3.05) is 0 Å². The number of urea groups is 1. The zero-order chi connectivity index (χ0) is 21.4. The SMILES string of the molecule is O=C1NC(=O)N(C2CCCC2)C(=O)/C1=C/c1ccc(-c2cc(C(=O)O)ccc2Cl)o1. The van der Waals surface area contributed by atoms with Crippen LogP contribution < -0.4 is 5.32 Å². The van der Waals surface area contributed by atoms with E-state index in [1.165, 1.54) is 30.3 Å². The maximum atomic E-state index is 12.8. The van der Waals surface area contributed by atoms with Crippen LogP contribution in [0.2, 0.25) is 5.02 Å². The summed E-state index contributed by atoms with van der Waals surface area (Å²) in [6.07, 6.45) is 4.54. The Balaban J connectivity index is 1.65. The number of carboxylic acid groups (broad SMARTS) is 1. The van der Waals surface area contributed by atoms with Crippen LogP contribution in [0.3, 0.4) is 0 Å². The summed E-state index contributed by atoms with van der Waals surface area (Å²) in [4.78, 5) is 49.6. The van der Waals surface area contributed by atoms with E-state index in [-0.39, 0.29) is 33.7 Å². The number of halogens is 1. The van der Waals surface area contributed by atoms with Gasteiger partial charge in [0.05, 0.1) is 10.6 Å². The number of carbonyl (C=O) groups excluding carboxylic acids is 3. The van der Waals surface area contributed by atoms with E-state index in [2.05, 4.69) is 5.32 Å². The van der Waals surface area contributed by atoms with Gasteiger partial charge in [-0.3, -0.25) is 19.8 Å². The van der Waals surface area contributed by atoms with Gasteiger partial charge in [0.25, 0.3) is 11.8 Å². The lowest BCUT2D eigenvalue weighted by atomic mass is 10.1. The molecule has 2 N–H and O–H groups in total. The van der Waals surface area contributed by atoms with Crippen molar-refractivity contribution in [1.29, 1.82) is 0 Å². The van der Waals surface area contributed by atoms with Gasteiger partial charge in [-0.15, -0.1) is 0 Å². The first-order valence-electron chi connectivity index (χ1n) is 9.39. The molecular formula is C21H17ClN2O6. The van der Waals surface area contributed by atoms with Gasteiger partial charge in [-0.1, -0.05) is 24.4 Å². The average Bonchev–Trinajstić information content (AvgIpc) is 3.37. The van der Waals surface area contributed by atoms with Crippen LogP contribution in [0.1, 0.15) is 41.8 Å². The first kappa shape index (κ1) is 19.9. The number of nitrogens with one attached hydrogen (secondary N) is 1. The summed E-state index contributed by atoms with van der Waals surface area (Å²) in [6, 6.07) is 6.36. The third kappa shape index (κ3) is 3.61. The Morgan fingerprint density at radius 2 is 1.90 bits per heavy atom. The minimum atomic E-state index is -1.11. The highest BCUT2D eigenvalue weighted by Gasteiger charge is 2.40. The van der Waals surface area contributed by atoms with E-state index in [0.29, 0.717) is 18.4 Å². The number of carboxylic acids is 1. The molecule has 4 amide bonds. The molecule has 8 nitrogen and oxygen atoms in total. The number of nitrogens with zero attached hydrogens (tertiary/aromatic N) is 1. The van der Waals surface area contributed by atoms with Gasteiger partial charge in [-0.05, 0) is 49.2 Å². The van der Waals surface area contributed by atoms with Crippen molar-refractivity contribution in [2.24, 2.45) is 0 Å². The van der Waals surface area contributed by atoms with Gasteiger partial charge in [0.1, 0.15) is 17.1 Å². The van der Waals surface area contributed by atoms with E-state index in [4.69, 9.17) is 21.1 Å². The van der Waals surface area contributed by atoms with Crippen molar-refractivity contribution in [3.05, 3.63) is 52.3 Å². The number of barbiturate groups is 1. The van der Waals surface area contributed by atoms with E-state index < -0.39 is 23.8 Å². The molecule has 1 aliphatic heterocycles. The molecule has 1 aliphatic carbocycles. The van der Waals surface area contributed by atoms with Crippen molar-refractivity contribution in [1.82, 2.24) is 10.2 Å². The highest BCUT2D eigenvalue weighted by atomic mass is 35.5. The monoisotopic (exact) mass is 428 g/mol. The van der Waals surface area contributed by atoms with E-state index in [1.807, 2.05) is 0 Å². The molecule has 2 fully saturated rings. The van der Waals surface area contributed by atoms with Gasteiger partial charge in [0, 0.05) is 11.6 Å². The van der Waals surface area contributed by atoms with E-state index >= 15 is 0 Å². The molecule has 9 heteroatoms. The molecule has 4 rings (SSSR count). The topological polar surface area (TPSA) is 117 Å². The Labute approximate surface area is 176 Å². The summed E-state index contributed by atoms with van der Waals surface area (Å²) in [5.74, 6) is -2.08. The number of amides is 4. The fourth-order valence-electron chi connectivity index (χ4n) is 3.73. The highest BCUT2D eigenvalue weighted by Crippen LogP contribution is 2.32. The third-order valence-electron chi connectivity index (χ3n) is 5.22. The number of aromatic carboxylic acids is 1. The predicted octanol–water partition coefficient (Wildman–Crippen LogP) is 3.70. The van der Waals surface area contributed by atoms with Gasteiger partial charge in [-0.25, -0.2) is 9.59 Å². The Bertz CT molecular complexity index is 1100. The van der Waals surface area contributed by atoms with Crippen LogP contribution in [0.4, 0.5) is 4.79 Å². The molecule has 30 heavy (non-hydrogen) atoms. The number of rotatable bonds is 4. The summed E-state index contributed by atoms with van der Waals surface area (Å²) in [5, 5.41) is 11.7. The molecule has 154 valence electrons. The normalized spacial score (nSPS) is 18.9. The van der Waals surface area contributed by atoms with Crippen LogP contribution in [0, 0.1) is 0 Å². The lowest BCUT2D eigenvalue weighted by Crippen LogP contribution is -2.57. The molecule has 0 spiro atoms. The van der Waals surface area contributed by atoms with Gasteiger partial charge >= 0.3 is 12.0 Å². The molecule has 0 radical (unpaired) electrons. The van der Waals surface area contributed by atoms with Crippen LogP contribution in [0.25, 0.3) is 17.4 Å². The zero-order valence-corrected chi connectivity index (χ0v) is 16.4. The Morgan fingerprint density at radius 3 is 2.60 bits per heavy atom. The molecule has 0 atom stereocenters. The minimum Gasteiger partial charge on any atom is -0.478 e. The van der Waals surface area contributed by atoms with E-state index in [1.54, 1.807) is 6.07 Å². The maximum absolute atomic E-state index is 12.8. The summed E-state index contributed by atoms with van der Waals surface area (Å²) in [6.45, 7) is 0. The molecule has 1 saturated carbocycles. The molecule has 1 saturated heterocycles. The standard InChI is InChI=1S/C21H17ClN2O6/c22-16-7-5-11(20(27)28)9-14(16)17-8-6-13(30-17)10-15-18(25)23-21(29)24(19(15)26)12-3-1-2-4-12/h5-10,12H,1-4H2,(H,27,28)(H,23,25,29)/b15-10+. The Morgan fingerprint density at radius 1 is 1.17 bits per heavy atom. The zero-order valence-electron chi connectivity index (χ0n) is 15.7. The first-order chi connectivity index (χ1) is 14.3. The largest absolute Gasteiger partial charge is 0.478 e. The van der Waals surface area contributed by atoms with E-state index in [0.717, 1.165) is 17.7 Å². The van der Waals surface area contributed by atoms with Crippen molar-refractivity contribution >= 4 is 41.5 Å². The summed E-state index contributed by atoms with van der Waals surface area (Å²) >= 11 is 6.16. The smallest absolute Gasteiger partial charge is 0.335 e. The van der Waals surface area contributed by atoms with Crippen LogP contribution in [0.15, 0.2) is 40.3 Å². The first-order valence-corrected chi connectivity index (χ1v) is 9.76. The van der Waals surface area contributed by atoms with Crippen LogP contribution in [-0.4, -0.2) is 39.9 Å². The number of furan rings is 1. The average molecular weight is 429 g/mol. The van der Waals surface area contributed by atoms with Gasteiger partial charge in [0.15, 0.2) is 0 Å². The molecule has 2 heterocycles. The third-order valence-corrected chi connectivity index (χ3v) is 5.54. The molecule has 0 bridgehead atoms. The van der Waals surface area contributed by atoms with Crippen LogP contribution >= 0.6 is 11.6 Å². The molecule has 2 aliphatic rings. The van der Waals surface area contributed by atoms with Crippen molar-refractivity contribution in [3.63, 3.8) is 0 Å². The second-order valence-corrected chi connectivity index (χ2v) is 7.54. The van der Waals surface area contributed by atoms with Gasteiger partial charge < -0.3 is 9.52 Å². The maximum Gasteiger partial charge on any atom is 0.335 e. The fourth-order valence-corrected chi connectivity index (χ4v) is 3.94. The quantitative estimate of drug-likeness (QED) is 0.566. The predicted molar refractivity (Wildman–Crippen MR) is 107 cm³/mol. The van der Waals surface area contributed by atoms with E-state index in [9.17, 15) is 19.2 Å². The summed E-state index contributed by atoms with van der Waals surface area (Å²) < 4.78 is 5.68. The molecule has 0 unspecified atom stereocenters. The summed E-state index contributed by atoms with van der Waals surface area (Å²) in [7, 11) is 0. The van der Waals surface area contributed by atoms with Gasteiger partial charge in [0.2, 0.25) is 0 Å². The minimum absolute atomic E-state index is 0.0401.